The highest BCUT2D eigenvalue weighted by Crippen LogP contribution is 2.22. The lowest BCUT2D eigenvalue weighted by molar-refractivity contribution is -0.121. The lowest BCUT2D eigenvalue weighted by atomic mass is 10.0. The van der Waals surface area contributed by atoms with Crippen LogP contribution in [0.25, 0.3) is 0 Å². The van der Waals surface area contributed by atoms with Crippen LogP contribution >= 0.6 is 11.6 Å². The molecular weight excluding hydrogens is 328 g/mol. The number of nitrogens with zero attached hydrogens (tertiary/aromatic N) is 2. The van der Waals surface area contributed by atoms with Gasteiger partial charge in [-0.1, -0.05) is 12.1 Å². The predicted molar refractivity (Wildman–Crippen MR) is 93.9 cm³/mol. The molecule has 0 bridgehead atoms. The van der Waals surface area contributed by atoms with Crippen LogP contribution in [0.1, 0.15) is 37.2 Å². The van der Waals surface area contributed by atoms with Gasteiger partial charge in [-0.3, -0.25) is 9.59 Å². The van der Waals surface area contributed by atoms with Crippen molar-refractivity contribution in [1.82, 2.24) is 14.9 Å². The topological polar surface area (TPSA) is 76.0 Å². The Morgan fingerprint density at radius 1 is 1.29 bits per heavy atom. The lowest BCUT2D eigenvalue weighted by Gasteiger charge is -2.19. The normalized spacial score (nSPS) is 11.8. The molecule has 7 heteroatoms. The van der Waals surface area contributed by atoms with Gasteiger partial charge < -0.3 is 15.2 Å². The minimum Gasteiger partial charge on any atom is -0.342 e. The van der Waals surface area contributed by atoms with Gasteiger partial charge >= 0.3 is 0 Å². The fourth-order valence-electron chi connectivity index (χ4n) is 2.37. The molecule has 2 amide bonds. The molecule has 1 atom stereocenters. The van der Waals surface area contributed by atoms with Crippen LogP contribution in [0.5, 0.6) is 0 Å². The zero-order chi connectivity index (χ0) is 17.5. The molecule has 2 N–H and O–H groups in total. The Morgan fingerprint density at radius 2 is 2.00 bits per heavy atom. The summed E-state index contributed by atoms with van der Waals surface area (Å²) in [6.45, 7) is 1.46. The van der Waals surface area contributed by atoms with Crippen molar-refractivity contribution in [3.8, 4) is 0 Å². The van der Waals surface area contributed by atoms with Crippen molar-refractivity contribution >= 4 is 29.1 Å². The summed E-state index contributed by atoms with van der Waals surface area (Å²) in [5.74, 6) is 0.986. The number of hydrogen-bond donors (Lipinski definition) is 2. The van der Waals surface area contributed by atoms with Crippen LogP contribution in [0.4, 0.5) is 5.69 Å². The zero-order valence-corrected chi connectivity index (χ0v) is 14.5. The summed E-state index contributed by atoms with van der Waals surface area (Å²) in [6, 6.07) is 6.98. The van der Waals surface area contributed by atoms with Gasteiger partial charge in [0.1, 0.15) is 11.9 Å². The largest absolute Gasteiger partial charge is 0.342 e. The molecule has 2 aromatic rings. The van der Waals surface area contributed by atoms with Crippen LogP contribution in [0.15, 0.2) is 36.7 Å². The van der Waals surface area contributed by atoms with Crippen molar-refractivity contribution in [1.29, 1.82) is 0 Å². The summed E-state index contributed by atoms with van der Waals surface area (Å²) in [5, 5.41) is 5.73. The van der Waals surface area contributed by atoms with E-state index in [-0.39, 0.29) is 17.9 Å². The number of benzene rings is 1. The highest BCUT2D eigenvalue weighted by molar-refractivity contribution is 6.17. The summed E-state index contributed by atoms with van der Waals surface area (Å²) in [7, 11) is 1.88. The Hall–Kier alpha value is -2.34. The van der Waals surface area contributed by atoms with E-state index in [0.29, 0.717) is 24.4 Å². The second-order valence-corrected chi connectivity index (χ2v) is 5.87. The van der Waals surface area contributed by atoms with E-state index in [0.717, 1.165) is 11.4 Å². The average molecular weight is 349 g/mol. The van der Waals surface area contributed by atoms with Gasteiger partial charge in [-0.05, 0) is 24.1 Å². The Balaban J connectivity index is 2.23. The van der Waals surface area contributed by atoms with Crippen molar-refractivity contribution in [2.24, 2.45) is 7.05 Å². The Kier molecular flexibility index (Phi) is 6.37. The van der Waals surface area contributed by atoms with E-state index in [2.05, 4.69) is 15.6 Å². The third-order valence-corrected chi connectivity index (χ3v) is 3.79. The third-order valence-electron chi connectivity index (χ3n) is 3.52. The molecule has 0 aliphatic heterocycles. The standard InChI is InChI=1S/C17H21ClN4O2/c1-12(23)20-14-7-5-13(6-8-14)16(17-19-10-11-22(17)2)21-15(24)4-3-9-18/h5-8,10-11,16H,3-4,9H2,1-2H3,(H,20,23)(H,21,24). The van der Waals surface area contributed by atoms with Gasteiger partial charge in [-0.15, -0.1) is 11.6 Å². The number of hydrogen-bond acceptors (Lipinski definition) is 3. The van der Waals surface area contributed by atoms with Crippen molar-refractivity contribution in [2.75, 3.05) is 11.2 Å². The Morgan fingerprint density at radius 3 is 2.54 bits per heavy atom. The molecule has 0 spiro atoms. The Bertz CT molecular complexity index is 697. The molecule has 1 heterocycles. The minimum atomic E-state index is -0.362. The van der Waals surface area contributed by atoms with Gasteiger partial charge in [0.25, 0.3) is 0 Å². The molecule has 0 aliphatic rings. The van der Waals surface area contributed by atoms with Crippen LogP contribution in [0.2, 0.25) is 0 Å². The summed E-state index contributed by atoms with van der Waals surface area (Å²) >= 11 is 5.65. The first kappa shape index (κ1) is 18.0. The summed E-state index contributed by atoms with van der Waals surface area (Å²) < 4.78 is 1.87. The number of aromatic nitrogens is 2. The van der Waals surface area contributed by atoms with Crippen LogP contribution in [-0.2, 0) is 16.6 Å². The van der Waals surface area contributed by atoms with E-state index in [1.165, 1.54) is 6.92 Å². The maximum Gasteiger partial charge on any atom is 0.221 e. The molecule has 1 unspecified atom stereocenters. The monoisotopic (exact) mass is 348 g/mol. The highest BCUT2D eigenvalue weighted by Gasteiger charge is 2.20. The second-order valence-electron chi connectivity index (χ2n) is 5.49. The first-order valence-corrected chi connectivity index (χ1v) is 8.25. The van der Waals surface area contributed by atoms with E-state index in [4.69, 9.17) is 11.6 Å². The van der Waals surface area contributed by atoms with Gasteiger partial charge in [0, 0.05) is 44.4 Å². The van der Waals surface area contributed by atoms with Gasteiger partial charge in [-0.25, -0.2) is 4.98 Å². The number of nitrogens with one attached hydrogen (secondary N) is 2. The number of aryl methyl sites for hydroxylation is 1. The summed E-state index contributed by atoms with van der Waals surface area (Å²) in [4.78, 5) is 27.6. The first-order valence-electron chi connectivity index (χ1n) is 7.71. The fourth-order valence-corrected chi connectivity index (χ4v) is 2.51. The quantitative estimate of drug-likeness (QED) is 0.755. The molecular formula is C17H21ClN4O2. The SMILES string of the molecule is CC(=O)Nc1ccc(C(NC(=O)CCCCl)c2nccn2C)cc1. The van der Waals surface area contributed by atoms with Crippen LogP contribution in [-0.4, -0.2) is 27.2 Å². The molecule has 0 saturated heterocycles. The number of rotatable bonds is 7. The average Bonchev–Trinajstić information content (AvgIpc) is 2.97. The highest BCUT2D eigenvalue weighted by atomic mass is 35.5. The van der Waals surface area contributed by atoms with E-state index < -0.39 is 0 Å². The fraction of sp³-hybridized carbons (Fsp3) is 0.353. The number of amides is 2. The molecule has 1 aromatic heterocycles. The number of halogens is 1. The lowest BCUT2D eigenvalue weighted by Crippen LogP contribution is -2.31. The van der Waals surface area contributed by atoms with Gasteiger partial charge in [-0.2, -0.15) is 0 Å². The number of carbonyl (C=O) groups excluding carboxylic acids is 2. The van der Waals surface area contributed by atoms with E-state index in [1.807, 2.05) is 29.9 Å². The van der Waals surface area contributed by atoms with Crippen molar-refractivity contribution in [3.05, 3.63) is 48.0 Å². The van der Waals surface area contributed by atoms with E-state index >= 15 is 0 Å². The molecule has 0 saturated carbocycles. The van der Waals surface area contributed by atoms with E-state index in [9.17, 15) is 9.59 Å². The molecule has 0 fully saturated rings. The minimum absolute atomic E-state index is 0.0745. The van der Waals surface area contributed by atoms with Crippen molar-refractivity contribution in [2.45, 2.75) is 25.8 Å². The molecule has 1 aromatic carbocycles. The van der Waals surface area contributed by atoms with Crippen LogP contribution in [0.3, 0.4) is 0 Å². The van der Waals surface area contributed by atoms with Crippen LogP contribution in [0, 0.1) is 0 Å². The van der Waals surface area contributed by atoms with Gasteiger partial charge in [0.15, 0.2) is 0 Å². The molecule has 2 rings (SSSR count). The van der Waals surface area contributed by atoms with Crippen molar-refractivity contribution in [3.63, 3.8) is 0 Å². The molecule has 24 heavy (non-hydrogen) atoms. The molecule has 128 valence electrons. The Labute approximate surface area is 146 Å². The number of carbonyl (C=O) groups is 2. The third kappa shape index (κ3) is 4.83. The second kappa shape index (κ2) is 8.49. The molecule has 6 nitrogen and oxygen atoms in total. The van der Waals surface area contributed by atoms with Crippen LogP contribution < -0.4 is 10.6 Å². The summed E-state index contributed by atoms with van der Waals surface area (Å²) in [6.07, 6.45) is 4.52. The van der Waals surface area contributed by atoms with Gasteiger partial charge in [0.2, 0.25) is 11.8 Å². The number of imidazole rings is 1. The van der Waals surface area contributed by atoms with Crippen molar-refractivity contribution < 1.29 is 9.59 Å². The van der Waals surface area contributed by atoms with Gasteiger partial charge in [0.05, 0.1) is 0 Å². The number of alkyl halides is 1. The number of anilines is 1. The molecule has 0 aliphatic carbocycles. The smallest absolute Gasteiger partial charge is 0.221 e. The maximum atomic E-state index is 12.1. The predicted octanol–water partition coefficient (Wildman–Crippen LogP) is 2.60. The van der Waals surface area contributed by atoms with E-state index in [1.54, 1.807) is 18.3 Å². The maximum absolute atomic E-state index is 12.1. The molecule has 0 radical (unpaired) electrons. The first-order chi connectivity index (χ1) is 11.5. The zero-order valence-electron chi connectivity index (χ0n) is 13.8. The summed E-state index contributed by atoms with van der Waals surface area (Å²) in [5.41, 5.74) is 1.59.